The van der Waals surface area contributed by atoms with Crippen molar-refractivity contribution in [3.05, 3.63) is 35.4 Å². The Morgan fingerprint density at radius 1 is 1.11 bits per heavy atom. The number of amides is 1. The predicted molar refractivity (Wildman–Crippen MR) is 119 cm³/mol. The number of nitrogens with one attached hydrogen (secondary N) is 3. The maximum absolute atomic E-state index is 12.9. The van der Waals surface area contributed by atoms with Crippen LogP contribution in [0.4, 0.5) is 26.3 Å². The van der Waals surface area contributed by atoms with Gasteiger partial charge in [-0.2, -0.15) is 26.3 Å². The largest absolute Gasteiger partial charge is 0.416 e. The van der Waals surface area contributed by atoms with Gasteiger partial charge in [0.15, 0.2) is 0 Å². The van der Waals surface area contributed by atoms with Crippen molar-refractivity contribution in [1.82, 2.24) is 20.9 Å². The summed E-state index contributed by atoms with van der Waals surface area (Å²) in [6.07, 6.45) is -7.53. The van der Waals surface area contributed by atoms with Crippen LogP contribution in [0.1, 0.15) is 50.7 Å². The molecule has 5 rings (SSSR count). The van der Waals surface area contributed by atoms with E-state index in [9.17, 15) is 31.1 Å². The minimum atomic E-state index is -4.38. The maximum atomic E-state index is 12.9. The molecule has 4 aliphatic rings. The predicted octanol–water partition coefficient (Wildman–Crippen LogP) is 3.77. The molecule has 12 heteroatoms. The molecule has 2 bridgehead atoms. The van der Waals surface area contributed by atoms with Crippen molar-refractivity contribution in [2.24, 2.45) is 5.41 Å². The number of ether oxygens (including phenoxy) is 1. The van der Waals surface area contributed by atoms with Gasteiger partial charge in [0.1, 0.15) is 6.04 Å². The molecular formula is C24H32F6N4O2. The Morgan fingerprint density at radius 3 is 2.25 bits per heavy atom. The lowest BCUT2D eigenvalue weighted by Gasteiger charge is -2.75. The fourth-order valence-electron chi connectivity index (χ4n) is 6.01. The third-order valence-electron chi connectivity index (χ3n) is 7.81. The van der Waals surface area contributed by atoms with Crippen molar-refractivity contribution >= 4 is 5.91 Å². The number of nitrogens with zero attached hydrogens (tertiary/aromatic N) is 1. The highest BCUT2D eigenvalue weighted by atomic mass is 19.4. The van der Waals surface area contributed by atoms with Gasteiger partial charge < -0.3 is 10.1 Å². The molecule has 1 unspecified atom stereocenters. The van der Waals surface area contributed by atoms with Crippen LogP contribution in [0.2, 0.25) is 0 Å². The summed E-state index contributed by atoms with van der Waals surface area (Å²) in [5.41, 5.74) is -0.828. The van der Waals surface area contributed by atoms with E-state index >= 15 is 0 Å². The first-order valence-corrected chi connectivity index (χ1v) is 11.9. The maximum Gasteiger partial charge on any atom is 0.416 e. The molecule has 3 aliphatic carbocycles. The molecule has 1 aliphatic heterocycles. The first-order chi connectivity index (χ1) is 16.6. The van der Waals surface area contributed by atoms with Gasteiger partial charge >= 0.3 is 12.4 Å². The lowest BCUT2D eigenvalue weighted by molar-refractivity contribution is -0.255. The number of hydrogen-bond acceptors (Lipinski definition) is 5. The SMILES string of the molecule is COCN(Cc1ccc(C(F)(F)F)cc1)C12CC(C3N[C@H](C(=O)NCCC(F)(F)F)C(C)(C)N3)(C1)C2. The van der Waals surface area contributed by atoms with E-state index in [1.807, 2.05) is 13.8 Å². The normalized spacial score (nSPS) is 31.2. The highest BCUT2D eigenvalue weighted by Gasteiger charge is 2.74. The van der Waals surface area contributed by atoms with Gasteiger partial charge in [-0.25, -0.2) is 0 Å². The molecule has 1 amide bonds. The van der Waals surface area contributed by atoms with Crippen molar-refractivity contribution in [2.45, 2.75) is 81.7 Å². The molecule has 3 N–H and O–H groups in total. The summed E-state index contributed by atoms with van der Waals surface area (Å²) in [5.74, 6) is -0.469. The van der Waals surface area contributed by atoms with Crippen molar-refractivity contribution in [3.8, 4) is 0 Å². The second-order valence-electron chi connectivity index (χ2n) is 11.0. The number of hydrogen-bond donors (Lipinski definition) is 3. The lowest BCUT2D eigenvalue weighted by Crippen LogP contribution is -2.80. The van der Waals surface area contributed by atoms with Crippen LogP contribution >= 0.6 is 0 Å². The number of alkyl halides is 6. The number of halogens is 6. The first kappa shape index (κ1) is 27.2. The third kappa shape index (κ3) is 5.23. The molecular weight excluding hydrogens is 490 g/mol. The van der Waals surface area contributed by atoms with Gasteiger partial charge in [-0.1, -0.05) is 12.1 Å². The summed E-state index contributed by atoms with van der Waals surface area (Å²) in [6, 6.07) is 4.45. The molecule has 1 aromatic rings. The van der Waals surface area contributed by atoms with Crippen molar-refractivity contribution in [2.75, 3.05) is 20.4 Å². The lowest BCUT2D eigenvalue weighted by atomic mass is 9.37. The van der Waals surface area contributed by atoms with Crippen LogP contribution in [-0.2, 0) is 22.3 Å². The zero-order valence-electron chi connectivity index (χ0n) is 20.4. The van der Waals surface area contributed by atoms with Crippen LogP contribution in [0.5, 0.6) is 0 Å². The first-order valence-electron chi connectivity index (χ1n) is 11.9. The van der Waals surface area contributed by atoms with Crippen LogP contribution < -0.4 is 16.0 Å². The Balaban J connectivity index is 1.35. The summed E-state index contributed by atoms with van der Waals surface area (Å²) in [6.45, 7) is 4.00. The molecule has 0 aromatic heterocycles. The van der Waals surface area contributed by atoms with E-state index in [1.165, 1.54) is 12.1 Å². The minimum absolute atomic E-state index is 0.107. The van der Waals surface area contributed by atoms with Gasteiger partial charge in [-0.05, 0) is 50.8 Å². The van der Waals surface area contributed by atoms with E-state index in [4.69, 9.17) is 4.74 Å². The molecule has 202 valence electrons. The number of carbonyl (C=O) groups excluding carboxylic acids is 1. The number of carbonyl (C=O) groups is 1. The van der Waals surface area contributed by atoms with Gasteiger partial charge in [-0.15, -0.1) is 0 Å². The van der Waals surface area contributed by atoms with Crippen molar-refractivity contribution < 1.29 is 35.9 Å². The summed E-state index contributed by atoms with van der Waals surface area (Å²) in [4.78, 5) is 14.7. The van der Waals surface area contributed by atoms with Crippen LogP contribution in [0.3, 0.4) is 0 Å². The number of benzene rings is 1. The molecule has 0 spiro atoms. The third-order valence-corrected chi connectivity index (χ3v) is 7.81. The summed E-state index contributed by atoms with van der Waals surface area (Å²) < 4.78 is 81.3. The van der Waals surface area contributed by atoms with Gasteiger partial charge in [-0.3, -0.25) is 20.3 Å². The Labute approximate surface area is 206 Å². The monoisotopic (exact) mass is 522 g/mol. The highest BCUT2D eigenvalue weighted by Crippen LogP contribution is 2.71. The van der Waals surface area contributed by atoms with E-state index in [0.717, 1.165) is 37.0 Å². The molecule has 1 aromatic carbocycles. The van der Waals surface area contributed by atoms with Crippen LogP contribution in [0.15, 0.2) is 24.3 Å². The summed E-state index contributed by atoms with van der Waals surface area (Å²) >= 11 is 0. The van der Waals surface area contributed by atoms with E-state index < -0.39 is 48.4 Å². The fraction of sp³-hybridized carbons (Fsp3) is 0.708. The average Bonchev–Trinajstić information content (AvgIpc) is 3.00. The number of methoxy groups -OCH3 is 1. The van der Waals surface area contributed by atoms with Crippen LogP contribution in [0.25, 0.3) is 0 Å². The molecule has 2 atom stereocenters. The molecule has 0 radical (unpaired) electrons. The van der Waals surface area contributed by atoms with E-state index in [2.05, 4.69) is 20.9 Å². The minimum Gasteiger partial charge on any atom is -0.369 e. The summed E-state index contributed by atoms with van der Waals surface area (Å²) in [7, 11) is 1.57. The quantitative estimate of drug-likeness (QED) is 0.341. The second kappa shape index (κ2) is 9.14. The smallest absolute Gasteiger partial charge is 0.369 e. The summed E-state index contributed by atoms with van der Waals surface area (Å²) in [5, 5.41) is 9.15. The van der Waals surface area contributed by atoms with Crippen molar-refractivity contribution in [1.29, 1.82) is 0 Å². The molecule has 4 fully saturated rings. The van der Waals surface area contributed by atoms with Crippen LogP contribution in [-0.4, -0.2) is 60.7 Å². The average molecular weight is 523 g/mol. The Hall–Kier alpha value is -1.89. The topological polar surface area (TPSA) is 65.6 Å². The zero-order valence-corrected chi connectivity index (χ0v) is 20.4. The van der Waals surface area contributed by atoms with Gasteiger partial charge in [0.25, 0.3) is 0 Å². The molecule has 1 saturated heterocycles. The fourth-order valence-corrected chi connectivity index (χ4v) is 6.01. The van der Waals surface area contributed by atoms with Gasteiger partial charge in [0.2, 0.25) is 5.91 Å². The molecule has 3 saturated carbocycles. The highest BCUT2D eigenvalue weighted by molar-refractivity contribution is 5.83. The van der Waals surface area contributed by atoms with E-state index in [-0.39, 0.29) is 17.1 Å². The van der Waals surface area contributed by atoms with E-state index in [0.29, 0.717) is 13.3 Å². The molecule has 1 heterocycles. The van der Waals surface area contributed by atoms with Gasteiger partial charge in [0.05, 0.1) is 24.9 Å². The van der Waals surface area contributed by atoms with Gasteiger partial charge in [0, 0.05) is 36.7 Å². The van der Waals surface area contributed by atoms with Crippen LogP contribution in [0, 0.1) is 5.41 Å². The Bertz CT molecular complexity index is 943. The molecule has 36 heavy (non-hydrogen) atoms. The number of rotatable bonds is 9. The Morgan fingerprint density at radius 2 is 1.72 bits per heavy atom. The zero-order chi connectivity index (χ0) is 26.6. The van der Waals surface area contributed by atoms with Crippen molar-refractivity contribution in [3.63, 3.8) is 0 Å². The van der Waals surface area contributed by atoms with E-state index in [1.54, 1.807) is 7.11 Å². The molecule has 6 nitrogen and oxygen atoms in total. The Kier molecular flexibility index (Phi) is 6.89. The standard InChI is InChI=1S/C24H32F6N4O2/c1-20(2)17(18(35)31-9-8-23(25,26)27)32-19(33-20)21-11-22(12-21,13-21)34(14-36-3)10-15-4-6-16(7-5-15)24(28,29)30/h4-7,17,19,32-33H,8-14H2,1-3H3,(H,31,35)/t17-,19?,21?,22?/m1/s1. The second-order valence-corrected chi connectivity index (χ2v) is 11.0.